The predicted octanol–water partition coefficient (Wildman–Crippen LogP) is 3.76. The van der Waals surface area contributed by atoms with Crippen LogP contribution < -0.4 is 24.3 Å². The van der Waals surface area contributed by atoms with Crippen LogP contribution in [0.15, 0.2) is 42.5 Å². The third-order valence-corrected chi connectivity index (χ3v) is 4.88. The second-order valence-electron chi connectivity index (χ2n) is 7.37. The first-order valence-corrected chi connectivity index (χ1v) is 9.88. The van der Waals surface area contributed by atoms with Crippen LogP contribution in [0.1, 0.15) is 31.0 Å². The quantitative estimate of drug-likeness (QED) is 0.781. The highest BCUT2D eigenvalue weighted by molar-refractivity contribution is 5.92. The Bertz CT molecular complexity index is 921. The van der Waals surface area contributed by atoms with Crippen molar-refractivity contribution >= 4 is 12.0 Å². The van der Waals surface area contributed by atoms with E-state index in [1.165, 1.54) is 0 Å². The number of benzene rings is 2. The Morgan fingerprint density at radius 3 is 2.10 bits per heavy atom. The van der Waals surface area contributed by atoms with Gasteiger partial charge in [0.25, 0.3) is 0 Å². The zero-order chi connectivity index (χ0) is 20.2. The smallest absolute Gasteiger partial charge is 0.244 e. The highest BCUT2D eigenvalue weighted by atomic mass is 16.6. The van der Waals surface area contributed by atoms with Crippen LogP contribution in [0.2, 0.25) is 0 Å². The van der Waals surface area contributed by atoms with Crippen molar-refractivity contribution < 1.29 is 23.7 Å². The van der Waals surface area contributed by atoms with Gasteiger partial charge in [-0.25, -0.2) is 0 Å². The van der Waals surface area contributed by atoms with Gasteiger partial charge in [-0.1, -0.05) is 26.0 Å². The van der Waals surface area contributed by atoms with Crippen LogP contribution in [-0.4, -0.2) is 32.3 Å². The maximum absolute atomic E-state index is 12.6. The lowest BCUT2D eigenvalue weighted by atomic mass is 9.95. The molecule has 1 N–H and O–H groups in total. The molecule has 0 radical (unpaired) electrons. The van der Waals surface area contributed by atoms with E-state index in [0.29, 0.717) is 32.2 Å². The zero-order valence-corrected chi connectivity index (χ0v) is 16.6. The minimum Gasteiger partial charge on any atom is -0.486 e. The van der Waals surface area contributed by atoms with Gasteiger partial charge >= 0.3 is 0 Å². The highest BCUT2D eigenvalue weighted by Crippen LogP contribution is 2.34. The molecule has 2 aliphatic heterocycles. The minimum atomic E-state index is -0.159. The summed E-state index contributed by atoms with van der Waals surface area (Å²) < 4.78 is 22.4. The number of fused-ring (bicyclic) bond motifs is 2. The Hall–Kier alpha value is -3.15. The largest absolute Gasteiger partial charge is 0.486 e. The van der Waals surface area contributed by atoms with Crippen molar-refractivity contribution in [3.05, 3.63) is 53.6 Å². The molecule has 0 fully saturated rings. The van der Waals surface area contributed by atoms with Crippen molar-refractivity contribution in [3.8, 4) is 23.0 Å². The van der Waals surface area contributed by atoms with Gasteiger partial charge < -0.3 is 24.3 Å². The number of carbonyl (C=O) groups excluding carboxylic acids is 1. The normalized spacial score (nSPS) is 16.0. The van der Waals surface area contributed by atoms with E-state index in [0.717, 1.165) is 28.4 Å². The van der Waals surface area contributed by atoms with Crippen LogP contribution in [-0.2, 0) is 4.79 Å². The Labute approximate surface area is 170 Å². The fourth-order valence-corrected chi connectivity index (χ4v) is 3.43. The second kappa shape index (κ2) is 8.47. The first kappa shape index (κ1) is 19.2. The van der Waals surface area contributed by atoms with Crippen LogP contribution >= 0.6 is 0 Å². The summed E-state index contributed by atoms with van der Waals surface area (Å²) in [5, 5.41) is 3.09. The van der Waals surface area contributed by atoms with Gasteiger partial charge in [0.05, 0.1) is 6.04 Å². The van der Waals surface area contributed by atoms with E-state index in [4.69, 9.17) is 18.9 Å². The molecule has 1 atom stereocenters. The van der Waals surface area contributed by atoms with Crippen molar-refractivity contribution in [2.45, 2.75) is 19.9 Å². The van der Waals surface area contributed by atoms with Gasteiger partial charge in [0.15, 0.2) is 23.0 Å². The van der Waals surface area contributed by atoms with E-state index >= 15 is 0 Å². The molecule has 2 aliphatic rings. The predicted molar refractivity (Wildman–Crippen MR) is 110 cm³/mol. The number of amides is 1. The van der Waals surface area contributed by atoms with Crippen LogP contribution in [0, 0.1) is 5.92 Å². The number of hydrogen-bond donors (Lipinski definition) is 1. The van der Waals surface area contributed by atoms with Gasteiger partial charge in [-0.05, 0) is 47.4 Å². The molecule has 152 valence electrons. The maximum Gasteiger partial charge on any atom is 0.244 e. The summed E-state index contributed by atoms with van der Waals surface area (Å²) >= 11 is 0. The van der Waals surface area contributed by atoms with Gasteiger partial charge in [0, 0.05) is 6.08 Å². The van der Waals surface area contributed by atoms with Crippen molar-refractivity contribution in [2.75, 3.05) is 26.4 Å². The van der Waals surface area contributed by atoms with Crippen molar-refractivity contribution in [1.82, 2.24) is 5.32 Å². The van der Waals surface area contributed by atoms with Crippen molar-refractivity contribution in [3.63, 3.8) is 0 Å². The molecule has 0 saturated heterocycles. The van der Waals surface area contributed by atoms with Gasteiger partial charge in [-0.15, -0.1) is 0 Å². The Morgan fingerprint density at radius 1 is 0.862 bits per heavy atom. The summed E-state index contributed by atoms with van der Waals surface area (Å²) in [7, 11) is 0. The molecule has 6 heteroatoms. The van der Waals surface area contributed by atoms with Gasteiger partial charge in [0.2, 0.25) is 5.91 Å². The molecule has 0 bridgehead atoms. The van der Waals surface area contributed by atoms with Crippen molar-refractivity contribution in [2.24, 2.45) is 5.92 Å². The lowest BCUT2D eigenvalue weighted by Gasteiger charge is -2.25. The van der Waals surface area contributed by atoms with Crippen LogP contribution in [0.5, 0.6) is 23.0 Å². The van der Waals surface area contributed by atoms with Gasteiger partial charge in [-0.3, -0.25) is 4.79 Å². The maximum atomic E-state index is 12.6. The minimum absolute atomic E-state index is 0.136. The molecule has 0 aliphatic carbocycles. The first-order valence-electron chi connectivity index (χ1n) is 9.88. The van der Waals surface area contributed by atoms with Crippen molar-refractivity contribution in [1.29, 1.82) is 0 Å². The van der Waals surface area contributed by atoms with Gasteiger partial charge in [0.1, 0.15) is 26.4 Å². The number of ether oxygens (including phenoxy) is 4. The number of hydrogen-bond acceptors (Lipinski definition) is 5. The first-order chi connectivity index (χ1) is 14.1. The van der Waals surface area contributed by atoms with E-state index in [1.807, 2.05) is 36.4 Å². The molecule has 4 rings (SSSR count). The summed E-state index contributed by atoms with van der Waals surface area (Å²) in [6, 6.07) is 11.3. The number of carbonyl (C=O) groups is 1. The monoisotopic (exact) mass is 395 g/mol. The molecular weight excluding hydrogens is 370 g/mol. The summed E-state index contributed by atoms with van der Waals surface area (Å²) in [4.78, 5) is 12.6. The molecule has 6 nitrogen and oxygen atoms in total. The Morgan fingerprint density at radius 2 is 1.45 bits per heavy atom. The third kappa shape index (κ3) is 4.47. The SMILES string of the molecule is CC(C)C(NC(=O)C=Cc1ccc2c(c1)OCCO2)c1ccc2c(c1)OCCO2. The average Bonchev–Trinajstić information content (AvgIpc) is 2.75. The number of rotatable bonds is 5. The second-order valence-corrected chi connectivity index (χ2v) is 7.37. The van der Waals surface area contributed by atoms with Crippen LogP contribution in [0.4, 0.5) is 0 Å². The molecule has 1 amide bonds. The topological polar surface area (TPSA) is 66.0 Å². The van der Waals surface area contributed by atoms with E-state index < -0.39 is 0 Å². The summed E-state index contributed by atoms with van der Waals surface area (Å²) in [6.07, 6.45) is 3.31. The number of nitrogens with one attached hydrogen (secondary N) is 1. The molecule has 2 aromatic carbocycles. The highest BCUT2D eigenvalue weighted by Gasteiger charge is 2.21. The van der Waals surface area contributed by atoms with E-state index in [9.17, 15) is 4.79 Å². The van der Waals surface area contributed by atoms with E-state index in [-0.39, 0.29) is 17.9 Å². The van der Waals surface area contributed by atoms with E-state index in [2.05, 4.69) is 19.2 Å². The molecule has 0 spiro atoms. The molecular formula is C23H25NO5. The molecule has 0 saturated carbocycles. The van der Waals surface area contributed by atoms with E-state index in [1.54, 1.807) is 12.2 Å². The standard InChI is InChI=1S/C23H25NO5/c1-15(2)23(17-5-7-19-21(14-17)29-12-10-27-19)24-22(25)8-4-16-3-6-18-20(13-16)28-11-9-26-18/h3-8,13-15,23H,9-12H2,1-2H3,(H,24,25). The van der Waals surface area contributed by atoms with Crippen LogP contribution in [0.25, 0.3) is 6.08 Å². The molecule has 2 heterocycles. The van der Waals surface area contributed by atoms with Gasteiger partial charge in [-0.2, -0.15) is 0 Å². The molecule has 2 aromatic rings. The fraction of sp³-hybridized carbons (Fsp3) is 0.348. The summed E-state index contributed by atoms with van der Waals surface area (Å²) in [5.74, 6) is 2.96. The lowest BCUT2D eigenvalue weighted by Crippen LogP contribution is -2.30. The summed E-state index contributed by atoms with van der Waals surface area (Å²) in [5.41, 5.74) is 1.87. The third-order valence-electron chi connectivity index (χ3n) is 4.88. The molecule has 0 aromatic heterocycles. The Balaban J connectivity index is 1.46. The average molecular weight is 395 g/mol. The fourth-order valence-electron chi connectivity index (χ4n) is 3.43. The Kier molecular flexibility index (Phi) is 5.60. The molecule has 29 heavy (non-hydrogen) atoms. The lowest BCUT2D eigenvalue weighted by molar-refractivity contribution is -0.117. The van der Waals surface area contributed by atoms with Crippen LogP contribution in [0.3, 0.4) is 0 Å². The zero-order valence-electron chi connectivity index (χ0n) is 16.6. The molecule has 1 unspecified atom stereocenters. The summed E-state index contributed by atoms with van der Waals surface area (Å²) in [6.45, 7) is 6.33.